The van der Waals surface area contributed by atoms with Crippen LogP contribution in [0.15, 0.2) is 36.9 Å². The Hall–Kier alpha value is -2.24. The summed E-state index contributed by atoms with van der Waals surface area (Å²) in [7, 11) is 1.54. The summed E-state index contributed by atoms with van der Waals surface area (Å²) < 4.78 is 42.8. The van der Waals surface area contributed by atoms with Gasteiger partial charge in [0.2, 0.25) is 0 Å². The fourth-order valence-electron chi connectivity index (χ4n) is 1.87. The van der Waals surface area contributed by atoms with E-state index in [9.17, 15) is 13.2 Å². The normalized spacial score (nSPS) is 11.4. The van der Waals surface area contributed by atoms with E-state index in [0.717, 1.165) is 11.6 Å². The molecule has 0 fully saturated rings. The summed E-state index contributed by atoms with van der Waals surface area (Å²) in [6, 6.07) is 6.11. The van der Waals surface area contributed by atoms with Crippen molar-refractivity contribution in [1.82, 2.24) is 10.2 Å². The van der Waals surface area contributed by atoms with E-state index in [2.05, 4.69) is 11.7 Å². The number of H-pyrrole nitrogens is 1. The van der Waals surface area contributed by atoms with Crippen molar-refractivity contribution in [2.45, 2.75) is 12.6 Å². The Balaban J connectivity index is 2.40. The second-order valence-corrected chi connectivity index (χ2v) is 4.18. The van der Waals surface area contributed by atoms with Crippen molar-refractivity contribution in [3.63, 3.8) is 0 Å². The summed E-state index contributed by atoms with van der Waals surface area (Å²) in [4.78, 5) is 0. The number of halogens is 3. The summed E-state index contributed by atoms with van der Waals surface area (Å²) in [6.07, 6.45) is -2.16. The number of alkyl halides is 3. The van der Waals surface area contributed by atoms with Gasteiger partial charge in [-0.3, -0.25) is 5.10 Å². The second kappa shape index (κ2) is 5.40. The number of hydrogen-bond donors (Lipinski definition) is 1. The summed E-state index contributed by atoms with van der Waals surface area (Å²) >= 11 is 0. The lowest BCUT2D eigenvalue weighted by Crippen LogP contribution is -2.04. The molecule has 0 aliphatic rings. The van der Waals surface area contributed by atoms with Gasteiger partial charge >= 0.3 is 6.18 Å². The van der Waals surface area contributed by atoms with Crippen molar-refractivity contribution in [1.29, 1.82) is 0 Å². The number of nitrogens with zero attached hydrogens (tertiary/aromatic N) is 1. The highest BCUT2D eigenvalue weighted by Gasteiger charge is 2.33. The van der Waals surface area contributed by atoms with Gasteiger partial charge in [-0.25, -0.2) is 0 Å². The lowest BCUT2D eigenvalue weighted by Gasteiger charge is -2.08. The molecule has 0 spiro atoms. The van der Waals surface area contributed by atoms with Crippen LogP contribution in [0.5, 0.6) is 5.75 Å². The molecule has 2 rings (SSSR count). The predicted molar refractivity (Wildman–Crippen MR) is 69.5 cm³/mol. The molecule has 0 aliphatic carbocycles. The SMILES string of the molecule is C=CCc1cc(-c2cc(C(F)(F)F)[nH]n2)ccc1OC. The first-order valence-corrected chi connectivity index (χ1v) is 5.86. The van der Waals surface area contributed by atoms with Gasteiger partial charge in [0.25, 0.3) is 0 Å². The van der Waals surface area contributed by atoms with Crippen LogP contribution in [0.2, 0.25) is 0 Å². The van der Waals surface area contributed by atoms with Crippen LogP contribution in [-0.4, -0.2) is 17.3 Å². The maximum Gasteiger partial charge on any atom is 0.432 e. The molecule has 0 bridgehead atoms. The molecule has 0 atom stereocenters. The van der Waals surface area contributed by atoms with Gasteiger partial charge in [-0.05, 0) is 36.2 Å². The van der Waals surface area contributed by atoms with E-state index in [1.807, 2.05) is 5.10 Å². The topological polar surface area (TPSA) is 37.9 Å². The van der Waals surface area contributed by atoms with Crippen LogP contribution in [0.25, 0.3) is 11.3 Å². The number of methoxy groups -OCH3 is 1. The lowest BCUT2D eigenvalue weighted by atomic mass is 10.0. The van der Waals surface area contributed by atoms with Crippen LogP contribution in [0, 0.1) is 0 Å². The summed E-state index contributed by atoms with van der Waals surface area (Å²) in [6.45, 7) is 3.64. The van der Waals surface area contributed by atoms with Crippen molar-refractivity contribution in [2.24, 2.45) is 0 Å². The van der Waals surface area contributed by atoms with Crippen molar-refractivity contribution < 1.29 is 17.9 Å². The number of benzene rings is 1. The second-order valence-electron chi connectivity index (χ2n) is 4.18. The van der Waals surface area contributed by atoms with E-state index in [-0.39, 0.29) is 5.69 Å². The zero-order chi connectivity index (χ0) is 14.8. The molecule has 0 unspecified atom stereocenters. The molecule has 20 heavy (non-hydrogen) atoms. The lowest BCUT2D eigenvalue weighted by molar-refractivity contribution is -0.141. The highest BCUT2D eigenvalue weighted by Crippen LogP contribution is 2.31. The average Bonchev–Trinajstić information content (AvgIpc) is 2.88. The van der Waals surface area contributed by atoms with E-state index in [1.54, 1.807) is 24.3 Å². The highest BCUT2D eigenvalue weighted by molar-refractivity contribution is 5.62. The first-order valence-electron chi connectivity index (χ1n) is 5.86. The number of aromatic amines is 1. The number of nitrogens with one attached hydrogen (secondary N) is 1. The third kappa shape index (κ3) is 2.84. The Bertz CT molecular complexity index is 617. The molecule has 0 saturated carbocycles. The Morgan fingerprint density at radius 2 is 2.10 bits per heavy atom. The molecule has 0 saturated heterocycles. The molecule has 0 radical (unpaired) electrons. The third-order valence-electron chi connectivity index (χ3n) is 2.82. The molecule has 1 aromatic carbocycles. The molecule has 1 aromatic heterocycles. The van der Waals surface area contributed by atoms with Gasteiger partial charge in [0.15, 0.2) is 0 Å². The number of ether oxygens (including phenoxy) is 1. The first-order chi connectivity index (χ1) is 9.45. The van der Waals surface area contributed by atoms with Crippen molar-refractivity contribution in [3.05, 3.63) is 48.2 Å². The van der Waals surface area contributed by atoms with Gasteiger partial charge in [-0.1, -0.05) is 6.08 Å². The van der Waals surface area contributed by atoms with Crippen LogP contribution in [0.4, 0.5) is 13.2 Å². The highest BCUT2D eigenvalue weighted by atomic mass is 19.4. The number of allylic oxidation sites excluding steroid dienone is 1. The van der Waals surface area contributed by atoms with E-state index in [4.69, 9.17) is 4.74 Å². The smallest absolute Gasteiger partial charge is 0.432 e. The van der Waals surface area contributed by atoms with Gasteiger partial charge < -0.3 is 4.74 Å². The minimum absolute atomic E-state index is 0.241. The van der Waals surface area contributed by atoms with Gasteiger partial charge in [0.05, 0.1) is 12.8 Å². The van der Waals surface area contributed by atoms with Gasteiger partial charge in [0, 0.05) is 5.56 Å². The Kier molecular flexibility index (Phi) is 3.83. The maximum absolute atomic E-state index is 12.5. The minimum atomic E-state index is -4.43. The van der Waals surface area contributed by atoms with E-state index in [1.165, 1.54) is 7.11 Å². The zero-order valence-electron chi connectivity index (χ0n) is 10.8. The van der Waals surface area contributed by atoms with Crippen LogP contribution < -0.4 is 4.74 Å². The molecule has 3 nitrogen and oxygen atoms in total. The first kappa shape index (κ1) is 14.2. The van der Waals surface area contributed by atoms with E-state index in [0.29, 0.717) is 17.7 Å². The third-order valence-corrected chi connectivity index (χ3v) is 2.82. The Morgan fingerprint density at radius 1 is 1.35 bits per heavy atom. The molecular weight excluding hydrogens is 269 g/mol. The summed E-state index contributed by atoms with van der Waals surface area (Å²) in [5.41, 5.74) is 0.810. The van der Waals surface area contributed by atoms with Crippen molar-refractivity contribution in [2.75, 3.05) is 7.11 Å². The zero-order valence-corrected chi connectivity index (χ0v) is 10.8. The standard InChI is InChI=1S/C14H13F3N2O/c1-3-4-10-7-9(5-6-12(10)20-2)11-8-13(19-18-11)14(15,16)17/h3,5-8H,1,4H2,2H3,(H,18,19). The molecule has 0 aliphatic heterocycles. The largest absolute Gasteiger partial charge is 0.496 e. The van der Waals surface area contributed by atoms with Crippen molar-refractivity contribution in [3.8, 4) is 17.0 Å². The fourth-order valence-corrected chi connectivity index (χ4v) is 1.87. The molecular formula is C14H13F3N2O. The molecule has 1 heterocycles. The van der Waals surface area contributed by atoms with Gasteiger partial charge in [-0.15, -0.1) is 6.58 Å². The fraction of sp³-hybridized carbons (Fsp3) is 0.214. The number of hydrogen-bond acceptors (Lipinski definition) is 2. The minimum Gasteiger partial charge on any atom is -0.496 e. The van der Waals surface area contributed by atoms with Gasteiger partial charge in [-0.2, -0.15) is 18.3 Å². The quantitative estimate of drug-likeness (QED) is 0.865. The predicted octanol–water partition coefficient (Wildman–Crippen LogP) is 3.83. The van der Waals surface area contributed by atoms with Crippen LogP contribution in [0.3, 0.4) is 0 Å². The molecule has 1 N–H and O–H groups in total. The summed E-state index contributed by atoms with van der Waals surface area (Å²) in [5, 5.41) is 5.70. The number of aromatic nitrogens is 2. The summed E-state index contributed by atoms with van der Waals surface area (Å²) in [5.74, 6) is 0.667. The number of rotatable bonds is 4. The average molecular weight is 282 g/mol. The molecule has 0 amide bonds. The Morgan fingerprint density at radius 3 is 2.65 bits per heavy atom. The molecule has 2 aromatic rings. The van der Waals surface area contributed by atoms with Crippen LogP contribution in [-0.2, 0) is 12.6 Å². The van der Waals surface area contributed by atoms with E-state index >= 15 is 0 Å². The van der Waals surface area contributed by atoms with E-state index < -0.39 is 11.9 Å². The Labute approximate surface area is 114 Å². The van der Waals surface area contributed by atoms with Gasteiger partial charge in [0.1, 0.15) is 11.4 Å². The monoisotopic (exact) mass is 282 g/mol. The van der Waals surface area contributed by atoms with Crippen LogP contribution in [0.1, 0.15) is 11.3 Å². The van der Waals surface area contributed by atoms with Crippen LogP contribution >= 0.6 is 0 Å². The van der Waals surface area contributed by atoms with Crippen molar-refractivity contribution >= 4 is 0 Å². The maximum atomic E-state index is 12.5. The molecule has 6 heteroatoms. The molecule has 106 valence electrons.